The quantitative estimate of drug-likeness (QED) is 0.821. The number of aryl methyl sites for hydroxylation is 2. The highest BCUT2D eigenvalue weighted by Crippen LogP contribution is 2.12. The molecule has 0 bridgehead atoms. The monoisotopic (exact) mass is 259 g/mol. The van der Waals surface area contributed by atoms with Crippen molar-refractivity contribution in [2.24, 2.45) is 0 Å². The van der Waals surface area contributed by atoms with Crippen molar-refractivity contribution in [3.63, 3.8) is 0 Å². The van der Waals surface area contributed by atoms with Gasteiger partial charge < -0.3 is 10.6 Å². The lowest BCUT2D eigenvalue weighted by Crippen LogP contribution is -2.36. The fourth-order valence-corrected chi connectivity index (χ4v) is 2.47. The first-order valence-corrected chi connectivity index (χ1v) is 6.49. The van der Waals surface area contributed by atoms with Gasteiger partial charge in [0.25, 0.3) is 5.91 Å². The first-order valence-electron chi connectivity index (χ1n) is 6.49. The average Bonchev–Trinajstić information content (AvgIpc) is 2.97. The van der Waals surface area contributed by atoms with Gasteiger partial charge in [0.1, 0.15) is 5.56 Å². The summed E-state index contributed by atoms with van der Waals surface area (Å²) in [5.41, 5.74) is 3.03. The predicted octanol–water partition coefficient (Wildman–Crippen LogP) is 0.438. The molecule has 1 amide bonds. The molecule has 6 heteroatoms. The summed E-state index contributed by atoms with van der Waals surface area (Å²) in [5.74, 6) is -0.0961. The normalized spacial score (nSPS) is 18.9. The Hall–Kier alpha value is -1.95. The van der Waals surface area contributed by atoms with Crippen LogP contribution in [0.25, 0.3) is 5.65 Å². The van der Waals surface area contributed by atoms with Gasteiger partial charge in [-0.05, 0) is 32.9 Å². The van der Waals surface area contributed by atoms with Gasteiger partial charge in [-0.1, -0.05) is 0 Å². The van der Waals surface area contributed by atoms with E-state index in [0.717, 1.165) is 30.9 Å². The van der Waals surface area contributed by atoms with Gasteiger partial charge in [-0.25, -0.2) is 9.50 Å². The van der Waals surface area contributed by atoms with Gasteiger partial charge in [-0.3, -0.25) is 4.79 Å². The highest BCUT2D eigenvalue weighted by atomic mass is 16.1. The van der Waals surface area contributed by atoms with E-state index in [9.17, 15) is 4.79 Å². The minimum Gasteiger partial charge on any atom is -0.348 e. The second-order valence-electron chi connectivity index (χ2n) is 5.00. The molecule has 1 atom stereocenters. The van der Waals surface area contributed by atoms with Crippen molar-refractivity contribution in [2.75, 3.05) is 13.1 Å². The molecule has 1 aliphatic rings. The first kappa shape index (κ1) is 12.1. The zero-order chi connectivity index (χ0) is 13.4. The molecule has 1 aliphatic heterocycles. The van der Waals surface area contributed by atoms with E-state index in [4.69, 9.17) is 0 Å². The fourth-order valence-electron chi connectivity index (χ4n) is 2.47. The summed E-state index contributed by atoms with van der Waals surface area (Å²) in [6.45, 7) is 5.66. The van der Waals surface area contributed by atoms with Crippen molar-refractivity contribution in [1.29, 1.82) is 0 Å². The standard InChI is InChI=1S/C13H17N5O/c1-8-5-9(2)18-12(16-8)11(7-15-18)13(19)17-10-3-4-14-6-10/h5,7,10,14H,3-4,6H2,1-2H3,(H,17,19)/t10-/m1/s1. The minimum absolute atomic E-state index is 0.0961. The van der Waals surface area contributed by atoms with Gasteiger partial charge in [0.2, 0.25) is 0 Å². The summed E-state index contributed by atoms with van der Waals surface area (Å²) in [4.78, 5) is 16.7. The SMILES string of the molecule is Cc1cc(C)n2ncc(C(=O)N[C@@H]3CCNC3)c2n1. The second kappa shape index (κ2) is 4.62. The van der Waals surface area contributed by atoms with Gasteiger partial charge in [-0.15, -0.1) is 0 Å². The van der Waals surface area contributed by atoms with Crippen LogP contribution >= 0.6 is 0 Å². The molecule has 2 aromatic rings. The number of nitrogens with one attached hydrogen (secondary N) is 2. The van der Waals surface area contributed by atoms with Gasteiger partial charge in [0.05, 0.1) is 6.20 Å². The number of aromatic nitrogens is 3. The van der Waals surface area contributed by atoms with Crippen LogP contribution in [-0.4, -0.2) is 39.6 Å². The van der Waals surface area contributed by atoms with Crippen LogP contribution in [0, 0.1) is 13.8 Å². The number of hydrogen-bond donors (Lipinski definition) is 2. The molecule has 1 fully saturated rings. The van der Waals surface area contributed by atoms with Crippen LogP contribution in [0.3, 0.4) is 0 Å². The van der Waals surface area contributed by atoms with Crippen LogP contribution in [0.4, 0.5) is 0 Å². The Bertz CT molecular complexity index is 627. The van der Waals surface area contributed by atoms with Gasteiger partial charge in [0, 0.05) is 24.0 Å². The molecule has 2 N–H and O–H groups in total. The highest BCUT2D eigenvalue weighted by Gasteiger charge is 2.20. The van der Waals surface area contributed by atoms with E-state index in [2.05, 4.69) is 20.7 Å². The lowest BCUT2D eigenvalue weighted by Gasteiger charge is -2.10. The maximum Gasteiger partial charge on any atom is 0.257 e. The summed E-state index contributed by atoms with van der Waals surface area (Å²) in [5, 5.41) is 10.5. The zero-order valence-electron chi connectivity index (χ0n) is 11.1. The van der Waals surface area contributed by atoms with Crippen molar-refractivity contribution < 1.29 is 4.79 Å². The molecule has 6 nitrogen and oxygen atoms in total. The molecule has 2 aromatic heterocycles. The van der Waals surface area contributed by atoms with Crippen molar-refractivity contribution in [2.45, 2.75) is 26.3 Å². The first-order chi connectivity index (χ1) is 9.15. The van der Waals surface area contributed by atoms with Crippen molar-refractivity contribution in [3.8, 4) is 0 Å². The van der Waals surface area contributed by atoms with E-state index in [-0.39, 0.29) is 11.9 Å². The molecule has 0 spiro atoms. The molecular formula is C13H17N5O. The topological polar surface area (TPSA) is 71.3 Å². The molecule has 100 valence electrons. The van der Waals surface area contributed by atoms with Crippen molar-refractivity contribution >= 4 is 11.6 Å². The van der Waals surface area contributed by atoms with E-state index < -0.39 is 0 Å². The molecule has 0 unspecified atom stereocenters. The lowest BCUT2D eigenvalue weighted by molar-refractivity contribution is 0.0941. The number of rotatable bonds is 2. The minimum atomic E-state index is -0.0961. The van der Waals surface area contributed by atoms with Crippen molar-refractivity contribution in [1.82, 2.24) is 25.2 Å². The molecule has 0 radical (unpaired) electrons. The predicted molar refractivity (Wildman–Crippen MR) is 71.2 cm³/mol. The summed E-state index contributed by atoms with van der Waals surface area (Å²) < 4.78 is 1.70. The van der Waals surface area contributed by atoms with Crippen LogP contribution in [0.5, 0.6) is 0 Å². The summed E-state index contributed by atoms with van der Waals surface area (Å²) in [6.07, 6.45) is 2.56. The molecule has 1 saturated heterocycles. The summed E-state index contributed by atoms with van der Waals surface area (Å²) in [7, 11) is 0. The van der Waals surface area contributed by atoms with Gasteiger partial charge >= 0.3 is 0 Å². The van der Waals surface area contributed by atoms with E-state index in [1.54, 1.807) is 10.7 Å². The van der Waals surface area contributed by atoms with E-state index in [1.807, 2.05) is 19.9 Å². The number of carbonyl (C=O) groups is 1. The lowest BCUT2D eigenvalue weighted by atomic mass is 10.2. The molecular weight excluding hydrogens is 242 g/mol. The molecule has 3 heterocycles. The van der Waals surface area contributed by atoms with E-state index in [0.29, 0.717) is 11.2 Å². The number of amides is 1. The molecule has 0 aliphatic carbocycles. The average molecular weight is 259 g/mol. The number of nitrogens with zero attached hydrogens (tertiary/aromatic N) is 3. The fraction of sp³-hybridized carbons (Fsp3) is 0.462. The molecule has 3 rings (SSSR count). The van der Waals surface area contributed by atoms with Crippen LogP contribution < -0.4 is 10.6 Å². The van der Waals surface area contributed by atoms with Crippen LogP contribution in [-0.2, 0) is 0 Å². The Balaban J connectivity index is 1.93. The van der Waals surface area contributed by atoms with Gasteiger partial charge in [-0.2, -0.15) is 5.10 Å². The molecule has 0 aromatic carbocycles. The van der Waals surface area contributed by atoms with E-state index >= 15 is 0 Å². The maximum absolute atomic E-state index is 12.3. The summed E-state index contributed by atoms with van der Waals surface area (Å²) in [6, 6.07) is 2.15. The number of carbonyl (C=O) groups excluding carboxylic acids is 1. The Morgan fingerprint density at radius 2 is 2.37 bits per heavy atom. The number of hydrogen-bond acceptors (Lipinski definition) is 4. The highest BCUT2D eigenvalue weighted by molar-refractivity contribution is 5.99. The number of fused-ring (bicyclic) bond motifs is 1. The van der Waals surface area contributed by atoms with E-state index in [1.165, 1.54) is 0 Å². The van der Waals surface area contributed by atoms with Crippen molar-refractivity contribution in [3.05, 3.63) is 29.2 Å². The van der Waals surface area contributed by atoms with Crippen LogP contribution in [0.2, 0.25) is 0 Å². The Morgan fingerprint density at radius 1 is 1.53 bits per heavy atom. The summed E-state index contributed by atoms with van der Waals surface area (Å²) >= 11 is 0. The molecule has 19 heavy (non-hydrogen) atoms. The third-order valence-corrected chi connectivity index (χ3v) is 3.42. The zero-order valence-corrected chi connectivity index (χ0v) is 11.1. The molecule has 0 saturated carbocycles. The smallest absolute Gasteiger partial charge is 0.257 e. The van der Waals surface area contributed by atoms with Gasteiger partial charge in [0.15, 0.2) is 5.65 Å². The van der Waals surface area contributed by atoms with Crippen LogP contribution in [0.15, 0.2) is 12.3 Å². The third kappa shape index (κ3) is 2.19. The Morgan fingerprint density at radius 3 is 3.11 bits per heavy atom. The second-order valence-corrected chi connectivity index (χ2v) is 5.00. The Labute approximate surface area is 111 Å². The van der Waals surface area contributed by atoms with Crippen LogP contribution in [0.1, 0.15) is 28.2 Å². The maximum atomic E-state index is 12.3. The Kier molecular flexibility index (Phi) is 2.94. The largest absolute Gasteiger partial charge is 0.348 e. The third-order valence-electron chi connectivity index (χ3n) is 3.42.